The van der Waals surface area contributed by atoms with E-state index in [-0.39, 0.29) is 0 Å². The molecule has 3 rings (SSSR count). The number of hydrogen-bond acceptors (Lipinski definition) is 4. The third-order valence-corrected chi connectivity index (χ3v) is 6.09. The smallest absolute Gasteiger partial charge is 0.123 e. The molecular formula is C15H21NOS2. The molecule has 0 bridgehead atoms. The average Bonchev–Trinajstić information content (AvgIpc) is 2.62. The number of nitrogens with one attached hydrogen (secondary N) is 1. The van der Waals surface area contributed by atoms with Crippen molar-refractivity contribution in [3.8, 4) is 5.75 Å². The molecule has 2 aliphatic heterocycles. The van der Waals surface area contributed by atoms with Crippen LogP contribution >= 0.6 is 23.5 Å². The van der Waals surface area contributed by atoms with Crippen LogP contribution in [-0.2, 0) is 13.0 Å². The highest BCUT2D eigenvalue weighted by molar-refractivity contribution is 8.03. The van der Waals surface area contributed by atoms with E-state index >= 15 is 0 Å². The van der Waals surface area contributed by atoms with Crippen LogP contribution in [0.1, 0.15) is 18.1 Å². The van der Waals surface area contributed by atoms with E-state index in [1.807, 2.05) is 0 Å². The molecule has 1 aromatic rings. The van der Waals surface area contributed by atoms with Crippen molar-refractivity contribution in [3.05, 3.63) is 29.3 Å². The van der Waals surface area contributed by atoms with E-state index < -0.39 is 0 Å². The molecule has 0 amide bonds. The van der Waals surface area contributed by atoms with Crippen LogP contribution < -0.4 is 10.1 Å². The Kier molecular flexibility index (Phi) is 4.61. The van der Waals surface area contributed by atoms with Crippen molar-refractivity contribution in [1.29, 1.82) is 0 Å². The summed E-state index contributed by atoms with van der Waals surface area (Å²) in [4.78, 5) is 0. The summed E-state index contributed by atoms with van der Waals surface area (Å²) in [6.07, 6.45) is 1.39. The molecule has 4 heteroatoms. The molecule has 2 nitrogen and oxygen atoms in total. The summed E-state index contributed by atoms with van der Waals surface area (Å²) in [5, 5.41) is 3.70. The summed E-state index contributed by atoms with van der Waals surface area (Å²) in [6.45, 7) is 3.12. The fraction of sp³-hybridized carbons (Fsp3) is 0.600. The lowest BCUT2D eigenvalue weighted by molar-refractivity contribution is 0.254. The van der Waals surface area contributed by atoms with Gasteiger partial charge in [0.25, 0.3) is 0 Å². The van der Waals surface area contributed by atoms with Gasteiger partial charge in [-0.25, -0.2) is 0 Å². The van der Waals surface area contributed by atoms with Gasteiger partial charge in [-0.2, -0.15) is 23.5 Å². The van der Waals surface area contributed by atoms with Gasteiger partial charge in [0.15, 0.2) is 0 Å². The fourth-order valence-corrected chi connectivity index (χ4v) is 5.05. The zero-order valence-corrected chi connectivity index (χ0v) is 13.0. The highest BCUT2D eigenvalue weighted by Crippen LogP contribution is 2.29. The van der Waals surface area contributed by atoms with Gasteiger partial charge in [-0.05, 0) is 24.1 Å². The maximum absolute atomic E-state index is 5.75. The van der Waals surface area contributed by atoms with E-state index in [0.717, 1.165) is 18.7 Å². The van der Waals surface area contributed by atoms with Crippen LogP contribution in [0.15, 0.2) is 18.2 Å². The zero-order valence-electron chi connectivity index (χ0n) is 11.4. The summed E-state index contributed by atoms with van der Waals surface area (Å²) in [6, 6.07) is 7.29. The molecule has 0 aliphatic carbocycles. The minimum atomic E-state index is 0.341. The number of rotatable bonds is 3. The third kappa shape index (κ3) is 3.61. The number of ether oxygens (including phenoxy) is 1. The molecule has 2 heterocycles. The van der Waals surface area contributed by atoms with Gasteiger partial charge in [0.1, 0.15) is 11.9 Å². The monoisotopic (exact) mass is 295 g/mol. The first-order valence-corrected chi connectivity index (χ1v) is 9.29. The fourth-order valence-electron chi connectivity index (χ4n) is 2.58. The molecule has 1 aromatic carbocycles. The van der Waals surface area contributed by atoms with E-state index in [1.54, 1.807) is 0 Å². The Morgan fingerprint density at radius 3 is 2.84 bits per heavy atom. The molecule has 1 saturated heterocycles. The van der Waals surface area contributed by atoms with Gasteiger partial charge in [-0.15, -0.1) is 0 Å². The van der Waals surface area contributed by atoms with E-state index in [1.165, 1.54) is 34.1 Å². The van der Waals surface area contributed by atoms with Crippen molar-refractivity contribution in [2.24, 2.45) is 0 Å². The highest BCUT2D eigenvalue weighted by atomic mass is 32.2. The summed E-state index contributed by atoms with van der Waals surface area (Å²) in [5.41, 5.74) is 2.76. The number of fused-ring (bicyclic) bond motifs is 1. The van der Waals surface area contributed by atoms with Crippen LogP contribution in [0.4, 0.5) is 0 Å². The topological polar surface area (TPSA) is 21.3 Å². The standard InChI is InChI=1S/C15H21NOS2/c1-11-6-13-7-12(2-3-15(13)17-11)8-16-14-9-18-4-5-19-10-14/h2-3,7,11,14,16H,4-6,8-10H2,1H3. The third-order valence-electron chi connectivity index (χ3n) is 3.57. The van der Waals surface area contributed by atoms with E-state index in [9.17, 15) is 0 Å². The molecule has 1 atom stereocenters. The SMILES string of the molecule is CC1Cc2cc(CNC3CSCCSC3)ccc2O1. The van der Waals surface area contributed by atoms with Crippen molar-refractivity contribution in [1.82, 2.24) is 5.32 Å². The average molecular weight is 295 g/mol. The summed E-state index contributed by atoms with van der Waals surface area (Å²) < 4.78 is 5.75. The van der Waals surface area contributed by atoms with Gasteiger partial charge in [-0.1, -0.05) is 12.1 Å². The molecular weight excluding hydrogens is 274 g/mol. The molecule has 1 N–H and O–H groups in total. The highest BCUT2D eigenvalue weighted by Gasteiger charge is 2.19. The quantitative estimate of drug-likeness (QED) is 0.925. The first kappa shape index (κ1) is 13.7. The number of hydrogen-bond donors (Lipinski definition) is 1. The number of thioether (sulfide) groups is 2. The summed E-state index contributed by atoms with van der Waals surface area (Å²) in [5.74, 6) is 6.18. The molecule has 19 heavy (non-hydrogen) atoms. The van der Waals surface area contributed by atoms with Crippen LogP contribution in [0.5, 0.6) is 5.75 Å². The van der Waals surface area contributed by atoms with Gasteiger partial charge >= 0.3 is 0 Å². The van der Waals surface area contributed by atoms with Crippen LogP contribution in [-0.4, -0.2) is 35.2 Å². The second-order valence-electron chi connectivity index (χ2n) is 5.30. The van der Waals surface area contributed by atoms with Gasteiger partial charge in [0, 0.05) is 42.0 Å². The molecule has 1 fully saturated rings. The van der Waals surface area contributed by atoms with E-state index in [0.29, 0.717) is 12.1 Å². The van der Waals surface area contributed by atoms with Gasteiger partial charge in [0.2, 0.25) is 0 Å². The van der Waals surface area contributed by atoms with Crippen molar-refractivity contribution < 1.29 is 4.74 Å². The van der Waals surface area contributed by atoms with Crippen molar-refractivity contribution in [2.75, 3.05) is 23.0 Å². The molecule has 104 valence electrons. The Hall–Kier alpha value is -0.320. The summed E-state index contributed by atoms with van der Waals surface area (Å²) >= 11 is 4.15. The molecule has 0 spiro atoms. The second-order valence-corrected chi connectivity index (χ2v) is 7.60. The maximum atomic E-state index is 5.75. The lowest BCUT2D eigenvalue weighted by Crippen LogP contribution is -2.32. The number of benzene rings is 1. The predicted octanol–water partition coefficient (Wildman–Crippen LogP) is 2.95. The maximum Gasteiger partial charge on any atom is 0.123 e. The van der Waals surface area contributed by atoms with Crippen molar-refractivity contribution >= 4 is 23.5 Å². The van der Waals surface area contributed by atoms with Gasteiger partial charge < -0.3 is 10.1 Å². The minimum absolute atomic E-state index is 0.341. The lowest BCUT2D eigenvalue weighted by atomic mass is 10.1. The van der Waals surface area contributed by atoms with Gasteiger partial charge in [0.05, 0.1) is 0 Å². The summed E-state index contributed by atoms with van der Waals surface area (Å²) in [7, 11) is 0. The zero-order chi connectivity index (χ0) is 13.1. The molecule has 1 unspecified atom stereocenters. The van der Waals surface area contributed by atoms with Crippen LogP contribution in [0.2, 0.25) is 0 Å². The van der Waals surface area contributed by atoms with Crippen LogP contribution in [0, 0.1) is 0 Å². The Morgan fingerprint density at radius 2 is 2.05 bits per heavy atom. The normalized spacial score (nSPS) is 23.7. The Bertz CT molecular complexity index is 430. The Balaban J connectivity index is 1.57. The Labute approximate surface area is 124 Å². The first-order valence-electron chi connectivity index (χ1n) is 6.98. The van der Waals surface area contributed by atoms with E-state index in [2.05, 4.69) is 54.0 Å². The van der Waals surface area contributed by atoms with Crippen molar-refractivity contribution in [3.63, 3.8) is 0 Å². The van der Waals surface area contributed by atoms with Crippen molar-refractivity contribution in [2.45, 2.75) is 32.0 Å². The Morgan fingerprint density at radius 1 is 1.26 bits per heavy atom. The lowest BCUT2D eigenvalue weighted by Gasteiger charge is -2.15. The van der Waals surface area contributed by atoms with Crippen LogP contribution in [0.3, 0.4) is 0 Å². The minimum Gasteiger partial charge on any atom is -0.490 e. The molecule has 2 aliphatic rings. The predicted molar refractivity (Wildman–Crippen MR) is 85.5 cm³/mol. The molecule has 0 saturated carbocycles. The largest absolute Gasteiger partial charge is 0.490 e. The molecule has 0 aromatic heterocycles. The van der Waals surface area contributed by atoms with E-state index in [4.69, 9.17) is 4.74 Å². The second kappa shape index (κ2) is 6.42. The molecule has 0 radical (unpaired) electrons. The van der Waals surface area contributed by atoms with Gasteiger partial charge in [-0.3, -0.25) is 0 Å². The first-order chi connectivity index (χ1) is 9.31. The van der Waals surface area contributed by atoms with Crippen LogP contribution in [0.25, 0.3) is 0 Å².